The minimum absolute atomic E-state index is 0.00547. The molecule has 126 valence electrons. The lowest BCUT2D eigenvalue weighted by Gasteiger charge is -2.41. The van der Waals surface area contributed by atoms with Gasteiger partial charge in [-0.05, 0) is 35.5 Å². The van der Waals surface area contributed by atoms with Crippen molar-refractivity contribution in [2.24, 2.45) is 0 Å². The van der Waals surface area contributed by atoms with Gasteiger partial charge >= 0.3 is 0 Å². The first-order valence-electron chi connectivity index (χ1n) is 8.86. The van der Waals surface area contributed by atoms with Crippen LogP contribution in [0.4, 0.5) is 0 Å². The zero-order valence-electron chi connectivity index (χ0n) is 14.2. The molecule has 3 aliphatic rings. The molecular weight excluding hydrogens is 446 g/mol. The fourth-order valence-electron chi connectivity index (χ4n) is 4.07. The predicted octanol–water partition coefficient (Wildman–Crippen LogP) is 6.69. The summed E-state index contributed by atoms with van der Waals surface area (Å²) in [4.78, 5) is 0. The van der Waals surface area contributed by atoms with Crippen molar-refractivity contribution in [3.05, 3.63) is 119 Å². The highest BCUT2D eigenvalue weighted by atomic mass is 127. The number of hydrogen-bond donors (Lipinski definition) is 0. The summed E-state index contributed by atoms with van der Waals surface area (Å²) in [7, 11) is -0.512. The van der Waals surface area contributed by atoms with Gasteiger partial charge in [-0.25, -0.2) is 0 Å². The Morgan fingerprint density at radius 3 is 2.54 bits per heavy atom. The van der Waals surface area contributed by atoms with E-state index in [0.29, 0.717) is 5.66 Å². The highest BCUT2D eigenvalue weighted by Crippen LogP contribution is 2.69. The monoisotopic (exact) mass is 464 g/mol. The van der Waals surface area contributed by atoms with E-state index < -0.39 is 7.92 Å². The SMILES string of the molecule is IC1(P(c2ccccc2)C2C=Cc3ccccc32)C=CC=C2C=CC=C21. The Bertz CT molecular complexity index is 1010. The standard InChI is InChI=1S/C24H18IP/c25-24(17-7-10-19-9-6-14-22(19)24)26(20-11-2-1-3-12-20)23-16-15-18-8-4-5-13-21(18)23/h1-17,23H. The molecule has 2 heteroatoms. The second kappa shape index (κ2) is 6.48. The van der Waals surface area contributed by atoms with Crippen molar-refractivity contribution in [1.82, 2.24) is 0 Å². The van der Waals surface area contributed by atoms with E-state index >= 15 is 0 Å². The number of alkyl halides is 1. The molecule has 5 rings (SSSR count). The number of fused-ring (bicyclic) bond motifs is 2. The minimum Gasteiger partial charge on any atom is -0.0717 e. The fraction of sp³-hybridized carbons (Fsp3) is 0.0833. The van der Waals surface area contributed by atoms with Gasteiger partial charge in [0.05, 0.1) is 3.16 Å². The summed E-state index contributed by atoms with van der Waals surface area (Å²) < 4.78 is -0.00547. The molecular formula is C24H18IP. The van der Waals surface area contributed by atoms with Gasteiger partial charge in [0.15, 0.2) is 0 Å². The number of hydrogen-bond acceptors (Lipinski definition) is 0. The van der Waals surface area contributed by atoms with E-state index in [2.05, 4.69) is 126 Å². The lowest BCUT2D eigenvalue weighted by Crippen LogP contribution is -2.28. The second-order valence-electron chi connectivity index (χ2n) is 6.73. The van der Waals surface area contributed by atoms with E-state index in [1.165, 1.54) is 27.6 Å². The molecule has 0 nitrogen and oxygen atoms in total. The van der Waals surface area contributed by atoms with Crippen molar-refractivity contribution in [2.45, 2.75) is 8.82 Å². The van der Waals surface area contributed by atoms with Crippen LogP contribution in [0.3, 0.4) is 0 Å². The van der Waals surface area contributed by atoms with Crippen LogP contribution in [0.15, 0.2) is 108 Å². The molecule has 0 amide bonds. The van der Waals surface area contributed by atoms with Crippen LogP contribution in [0.5, 0.6) is 0 Å². The van der Waals surface area contributed by atoms with Gasteiger partial charge < -0.3 is 0 Å². The molecule has 0 heterocycles. The summed E-state index contributed by atoms with van der Waals surface area (Å²) in [6.45, 7) is 0. The lowest BCUT2D eigenvalue weighted by molar-refractivity contribution is 1.15. The first-order chi connectivity index (χ1) is 12.8. The Morgan fingerprint density at radius 1 is 0.846 bits per heavy atom. The molecule has 0 radical (unpaired) electrons. The molecule has 2 aromatic rings. The number of rotatable bonds is 3. The van der Waals surface area contributed by atoms with Gasteiger partial charge in [-0.15, -0.1) is 0 Å². The predicted molar refractivity (Wildman–Crippen MR) is 122 cm³/mol. The van der Waals surface area contributed by atoms with E-state index in [4.69, 9.17) is 0 Å². The van der Waals surface area contributed by atoms with Crippen molar-refractivity contribution in [3.63, 3.8) is 0 Å². The Hall–Kier alpha value is -1.70. The molecule has 26 heavy (non-hydrogen) atoms. The van der Waals surface area contributed by atoms with Gasteiger partial charge in [-0.2, -0.15) is 0 Å². The number of allylic oxidation sites excluding steroid dienone is 9. The summed E-state index contributed by atoms with van der Waals surface area (Å²) in [5.74, 6) is 0. The summed E-state index contributed by atoms with van der Waals surface area (Å²) >= 11 is 2.72. The molecule has 0 N–H and O–H groups in total. The van der Waals surface area contributed by atoms with Gasteiger partial charge in [0.1, 0.15) is 0 Å². The van der Waals surface area contributed by atoms with Gasteiger partial charge in [-0.3, -0.25) is 0 Å². The molecule has 3 unspecified atom stereocenters. The molecule has 0 bridgehead atoms. The highest BCUT2D eigenvalue weighted by Gasteiger charge is 2.45. The molecule has 0 saturated carbocycles. The average molecular weight is 464 g/mol. The van der Waals surface area contributed by atoms with Gasteiger partial charge in [0, 0.05) is 5.66 Å². The summed E-state index contributed by atoms with van der Waals surface area (Å²) in [5.41, 5.74) is 6.09. The third-order valence-corrected chi connectivity index (χ3v) is 10.7. The maximum Gasteiger partial charge on any atom is 0.0901 e. The fourth-order valence-corrected chi connectivity index (χ4v) is 9.58. The molecule has 0 aromatic heterocycles. The third kappa shape index (κ3) is 2.52. The lowest BCUT2D eigenvalue weighted by atomic mass is 10.0. The minimum atomic E-state index is -0.512. The highest BCUT2D eigenvalue weighted by molar-refractivity contribution is 14.1. The van der Waals surface area contributed by atoms with Crippen molar-refractivity contribution >= 4 is 41.9 Å². The van der Waals surface area contributed by atoms with Crippen LogP contribution in [-0.4, -0.2) is 3.16 Å². The Kier molecular flexibility index (Phi) is 4.10. The van der Waals surface area contributed by atoms with E-state index in [-0.39, 0.29) is 3.16 Å². The number of halogens is 1. The molecule has 3 aliphatic carbocycles. The van der Waals surface area contributed by atoms with Gasteiger partial charge in [0.2, 0.25) is 0 Å². The molecule has 0 aliphatic heterocycles. The van der Waals surface area contributed by atoms with Crippen LogP contribution in [0, 0.1) is 0 Å². The normalized spacial score (nSPS) is 26.3. The van der Waals surface area contributed by atoms with Gasteiger partial charge in [0.25, 0.3) is 0 Å². The Labute approximate surface area is 169 Å². The zero-order valence-corrected chi connectivity index (χ0v) is 17.3. The van der Waals surface area contributed by atoms with Crippen LogP contribution in [0.2, 0.25) is 0 Å². The summed E-state index contributed by atoms with van der Waals surface area (Å²) in [5, 5.41) is 1.46. The summed E-state index contributed by atoms with van der Waals surface area (Å²) in [6, 6.07) is 20.0. The van der Waals surface area contributed by atoms with Crippen molar-refractivity contribution in [3.8, 4) is 0 Å². The molecule has 0 fully saturated rings. The van der Waals surface area contributed by atoms with Crippen LogP contribution in [0.25, 0.3) is 6.08 Å². The second-order valence-corrected chi connectivity index (χ2v) is 11.8. The van der Waals surface area contributed by atoms with Crippen molar-refractivity contribution in [2.75, 3.05) is 0 Å². The van der Waals surface area contributed by atoms with Crippen molar-refractivity contribution in [1.29, 1.82) is 0 Å². The molecule has 0 spiro atoms. The largest absolute Gasteiger partial charge is 0.0901 e. The van der Waals surface area contributed by atoms with Crippen LogP contribution in [0.1, 0.15) is 16.8 Å². The maximum absolute atomic E-state index is 2.72. The third-order valence-electron chi connectivity index (χ3n) is 5.26. The Balaban J connectivity index is 1.69. The van der Waals surface area contributed by atoms with Crippen molar-refractivity contribution < 1.29 is 0 Å². The number of benzene rings is 2. The molecule has 2 aromatic carbocycles. The smallest absolute Gasteiger partial charge is 0.0717 e. The Morgan fingerprint density at radius 2 is 1.65 bits per heavy atom. The summed E-state index contributed by atoms with van der Waals surface area (Å²) in [6.07, 6.45) is 18.4. The maximum atomic E-state index is 2.72. The quantitative estimate of drug-likeness (QED) is 0.270. The first-order valence-corrected chi connectivity index (χ1v) is 11.4. The first kappa shape index (κ1) is 16.5. The molecule has 0 saturated heterocycles. The van der Waals surface area contributed by atoms with Crippen LogP contribution >= 0.6 is 30.5 Å². The molecule has 3 atom stereocenters. The van der Waals surface area contributed by atoms with E-state index in [1.807, 2.05) is 0 Å². The zero-order chi connectivity index (χ0) is 17.6. The van der Waals surface area contributed by atoms with Gasteiger partial charge in [-0.1, -0.05) is 126 Å². The van der Waals surface area contributed by atoms with E-state index in [0.717, 1.165) is 0 Å². The van der Waals surface area contributed by atoms with Crippen LogP contribution in [-0.2, 0) is 0 Å². The van der Waals surface area contributed by atoms with Crippen LogP contribution < -0.4 is 5.30 Å². The topological polar surface area (TPSA) is 0 Å². The van der Waals surface area contributed by atoms with E-state index in [9.17, 15) is 0 Å². The van der Waals surface area contributed by atoms with E-state index in [1.54, 1.807) is 0 Å². The average Bonchev–Trinajstić information content (AvgIpc) is 3.31.